The minimum Gasteiger partial charge on any atom is -0.462 e. The van der Waals surface area contributed by atoms with Gasteiger partial charge in [-0.05, 0) is 31.4 Å². The van der Waals surface area contributed by atoms with Crippen LogP contribution in [0.2, 0.25) is 0 Å². The summed E-state index contributed by atoms with van der Waals surface area (Å²) < 4.78 is 6.67. The van der Waals surface area contributed by atoms with Gasteiger partial charge in [-0.3, -0.25) is 0 Å². The van der Waals surface area contributed by atoms with Gasteiger partial charge in [0, 0.05) is 10.6 Å². The maximum absolute atomic E-state index is 11.6. The average Bonchev–Trinajstić information content (AvgIpc) is 2.89. The van der Waals surface area contributed by atoms with Crippen LogP contribution in [0, 0.1) is 0 Å². The summed E-state index contributed by atoms with van der Waals surface area (Å²) >= 11 is 4.51. The van der Waals surface area contributed by atoms with E-state index in [2.05, 4.69) is 10.2 Å². The zero-order valence-corrected chi connectivity index (χ0v) is 13.4. The van der Waals surface area contributed by atoms with Gasteiger partial charge in [0.15, 0.2) is 8.68 Å². The summed E-state index contributed by atoms with van der Waals surface area (Å²) in [6, 6.07) is 5.12. The highest BCUT2D eigenvalue weighted by atomic mass is 32.2. The molecule has 0 aliphatic carbocycles. The molecule has 8 heteroatoms. The van der Waals surface area contributed by atoms with Gasteiger partial charge in [-0.2, -0.15) is 0 Å². The van der Waals surface area contributed by atoms with E-state index in [1.54, 1.807) is 36.9 Å². The van der Waals surface area contributed by atoms with Crippen molar-refractivity contribution in [2.75, 3.05) is 18.6 Å². The van der Waals surface area contributed by atoms with Crippen LogP contribution in [-0.4, -0.2) is 29.0 Å². The van der Waals surface area contributed by atoms with Gasteiger partial charge in [0.05, 0.1) is 12.2 Å². The van der Waals surface area contributed by atoms with Crippen LogP contribution in [0.1, 0.15) is 17.3 Å². The SMILES string of the molecule is CCOC(=O)c1ccc(Sc2nnc(SC)s2)c(N)c1. The van der Waals surface area contributed by atoms with Crippen molar-refractivity contribution < 1.29 is 9.53 Å². The van der Waals surface area contributed by atoms with Gasteiger partial charge < -0.3 is 10.5 Å². The Morgan fingerprint density at radius 3 is 2.75 bits per heavy atom. The number of esters is 1. The van der Waals surface area contributed by atoms with Crippen LogP contribution in [0.5, 0.6) is 0 Å². The standard InChI is InChI=1S/C12H13N3O2S3/c1-3-17-10(16)7-4-5-9(8(13)6-7)19-12-15-14-11(18-2)20-12/h4-6H,3,13H2,1-2H3. The van der Waals surface area contributed by atoms with E-state index in [1.807, 2.05) is 6.26 Å². The average molecular weight is 327 g/mol. The summed E-state index contributed by atoms with van der Waals surface area (Å²) in [6.45, 7) is 2.11. The van der Waals surface area contributed by atoms with Crippen molar-refractivity contribution >= 4 is 46.5 Å². The smallest absolute Gasteiger partial charge is 0.338 e. The van der Waals surface area contributed by atoms with Crippen molar-refractivity contribution in [2.24, 2.45) is 0 Å². The lowest BCUT2D eigenvalue weighted by Gasteiger charge is -2.06. The minimum atomic E-state index is -0.365. The maximum Gasteiger partial charge on any atom is 0.338 e. The second kappa shape index (κ2) is 6.96. The van der Waals surface area contributed by atoms with Crippen molar-refractivity contribution in [1.29, 1.82) is 0 Å². The molecule has 1 heterocycles. The summed E-state index contributed by atoms with van der Waals surface area (Å²) in [4.78, 5) is 12.5. The fourth-order valence-corrected chi connectivity index (χ4v) is 3.82. The normalized spacial score (nSPS) is 10.5. The molecule has 0 fully saturated rings. The van der Waals surface area contributed by atoms with Crippen LogP contribution in [0.4, 0.5) is 5.69 Å². The number of ether oxygens (including phenoxy) is 1. The fourth-order valence-electron chi connectivity index (χ4n) is 1.40. The number of carbonyl (C=O) groups is 1. The first-order valence-corrected chi connectivity index (χ1v) is 8.61. The van der Waals surface area contributed by atoms with Crippen LogP contribution >= 0.6 is 34.9 Å². The van der Waals surface area contributed by atoms with E-state index in [1.165, 1.54) is 23.1 Å². The summed E-state index contributed by atoms with van der Waals surface area (Å²) in [7, 11) is 0. The van der Waals surface area contributed by atoms with Gasteiger partial charge >= 0.3 is 5.97 Å². The molecule has 0 saturated carbocycles. The molecule has 106 valence electrons. The monoisotopic (exact) mass is 327 g/mol. The Labute approximate surface area is 129 Å². The van der Waals surface area contributed by atoms with E-state index in [0.29, 0.717) is 17.9 Å². The molecule has 5 nitrogen and oxygen atoms in total. The summed E-state index contributed by atoms with van der Waals surface area (Å²) in [5.74, 6) is -0.365. The number of carbonyl (C=O) groups excluding carboxylic acids is 1. The summed E-state index contributed by atoms with van der Waals surface area (Å²) in [5.41, 5.74) is 6.95. The third-order valence-corrected chi connectivity index (χ3v) is 5.32. The molecule has 0 bridgehead atoms. The van der Waals surface area contributed by atoms with Crippen LogP contribution < -0.4 is 5.73 Å². The van der Waals surface area contributed by atoms with Gasteiger partial charge in [-0.15, -0.1) is 10.2 Å². The van der Waals surface area contributed by atoms with Crippen molar-refractivity contribution in [3.8, 4) is 0 Å². The molecule has 0 aliphatic rings. The van der Waals surface area contributed by atoms with Gasteiger partial charge in [0.1, 0.15) is 0 Å². The zero-order valence-electron chi connectivity index (χ0n) is 11.0. The van der Waals surface area contributed by atoms with Crippen LogP contribution in [0.15, 0.2) is 31.8 Å². The summed E-state index contributed by atoms with van der Waals surface area (Å²) in [6.07, 6.45) is 1.96. The molecule has 20 heavy (non-hydrogen) atoms. The first-order valence-electron chi connectivity index (χ1n) is 5.76. The molecule has 2 N–H and O–H groups in total. The van der Waals surface area contributed by atoms with Crippen molar-refractivity contribution in [3.05, 3.63) is 23.8 Å². The Kier molecular flexibility index (Phi) is 5.27. The van der Waals surface area contributed by atoms with Crippen LogP contribution in [0.25, 0.3) is 0 Å². The highest BCUT2D eigenvalue weighted by Gasteiger charge is 2.11. The lowest BCUT2D eigenvalue weighted by atomic mass is 10.2. The van der Waals surface area contributed by atoms with Gasteiger partial charge in [-0.1, -0.05) is 34.9 Å². The van der Waals surface area contributed by atoms with Crippen LogP contribution in [0.3, 0.4) is 0 Å². The number of nitrogens with two attached hydrogens (primary N) is 1. The predicted octanol–water partition coefficient (Wildman–Crippen LogP) is 3.17. The van der Waals surface area contributed by atoms with Gasteiger partial charge in [-0.25, -0.2) is 4.79 Å². The van der Waals surface area contributed by atoms with E-state index in [-0.39, 0.29) is 5.97 Å². The van der Waals surface area contributed by atoms with E-state index in [9.17, 15) is 4.79 Å². The van der Waals surface area contributed by atoms with Crippen molar-refractivity contribution in [2.45, 2.75) is 20.5 Å². The van der Waals surface area contributed by atoms with Gasteiger partial charge in [0.25, 0.3) is 0 Å². The number of rotatable bonds is 5. The molecule has 0 aliphatic heterocycles. The predicted molar refractivity (Wildman–Crippen MR) is 82.6 cm³/mol. The number of hydrogen-bond donors (Lipinski definition) is 1. The highest BCUT2D eigenvalue weighted by molar-refractivity contribution is 8.03. The third kappa shape index (κ3) is 3.65. The Morgan fingerprint density at radius 1 is 1.40 bits per heavy atom. The fraction of sp³-hybridized carbons (Fsp3) is 0.250. The molecule has 0 amide bonds. The first-order chi connectivity index (χ1) is 9.63. The number of benzene rings is 1. The lowest BCUT2D eigenvalue weighted by Crippen LogP contribution is -2.05. The molecule has 0 unspecified atom stereocenters. The molecule has 0 spiro atoms. The number of thioether (sulfide) groups is 1. The minimum absolute atomic E-state index is 0.345. The number of nitrogens with zero attached hydrogens (tertiary/aromatic N) is 2. The van der Waals surface area contributed by atoms with Crippen molar-refractivity contribution in [1.82, 2.24) is 10.2 Å². The largest absolute Gasteiger partial charge is 0.462 e. The third-order valence-electron chi connectivity index (χ3n) is 2.28. The van der Waals surface area contributed by atoms with Crippen LogP contribution in [-0.2, 0) is 4.74 Å². The van der Waals surface area contributed by atoms with E-state index >= 15 is 0 Å². The number of anilines is 1. The zero-order chi connectivity index (χ0) is 14.5. The lowest BCUT2D eigenvalue weighted by molar-refractivity contribution is 0.0526. The number of hydrogen-bond acceptors (Lipinski definition) is 8. The molecule has 2 rings (SSSR count). The molecule has 1 aromatic heterocycles. The Hall–Kier alpha value is -1.25. The molecule has 0 saturated heterocycles. The second-order valence-corrected chi connectivity index (χ2v) is 6.93. The second-order valence-electron chi connectivity index (χ2n) is 3.61. The molecular formula is C12H13N3O2S3. The molecule has 0 radical (unpaired) electrons. The van der Waals surface area contributed by atoms with E-state index < -0.39 is 0 Å². The number of aromatic nitrogens is 2. The molecular weight excluding hydrogens is 314 g/mol. The molecule has 0 atom stereocenters. The number of nitrogen functional groups attached to an aromatic ring is 1. The quantitative estimate of drug-likeness (QED) is 0.513. The first kappa shape index (κ1) is 15.1. The molecule has 1 aromatic carbocycles. The Morgan fingerprint density at radius 2 is 2.15 bits per heavy atom. The van der Waals surface area contributed by atoms with Crippen molar-refractivity contribution in [3.63, 3.8) is 0 Å². The Balaban J connectivity index is 2.15. The summed E-state index contributed by atoms with van der Waals surface area (Å²) in [5, 5.41) is 8.10. The molecule has 2 aromatic rings. The van der Waals surface area contributed by atoms with E-state index in [4.69, 9.17) is 10.5 Å². The van der Waals surface area contributed by atoms with Gasteiger partial charge in [0.2, 0.25) is 0 Å². The maximum atomic E-state index is 11.6. The Bertz CT molecular complexity index is 616. The highest BCUT2D eigenvalue weighted by Crippen LogP contribution is 2.36. The topological polar surface area (TPSA) is 78.1 Å². The van der Waals surface area contributed by atoms with E-state index in [0.717, 1.165) is 13.6 Å².